The highest BCUT2D eigenvalue weighted by atomic mass is 32.1. The molecule has 2 aromatic heterocycles. The van der Waals surface area contributed by atoms with Crippen LogP contribution in [0.15, 0.2) is 11.4 Å². The van der Waals surface area contributed by atoms with Crippen molar-refractivity contribution in [3.05, 3.63) is 33.1 Å². The molecule has 1 atom stereocenters. The highest BCUT2D eigenvalue weighted by Crippen LogP contribution is 2.37. The first kappa shape index (κ1) is 12.8. The fourth-order valence-electron chi connectivity index (χ4n) is 2.68. The van der Waals surface area contributed by atoms with Gasteiger partial charge in [0, 0.05) is 4.88 Å². The summed E-state index contributed by atoms with van der Waals surface area (Å²) in [4.78, 5) is 13.2. The highest BCUT2D eigenvalue weighted by Gasteiger charge is 2.24. The van der Waals surface area contributed by atoms with E-state index in [1.54, 1.807) is 6.92 Å². The smallest absolute Gasteiger partial charge is 0.164 e. The maximum Gasteiger partial charge on any atom is 0.164 e. The number of ketones is 1. The van der Waals surface area contributed by atoms with Crippen molar-refractivity contribution in [2.45, 2.75) is 39.2 Å². The van der Waals surface area contributed by atoms with Gasteiger partial charge in [-0.15, -0.1) is 11.3 Å². The Morgan fingerprint density at radius 1 is 1.53 bits per heavy atom. The van der Waals surface area contributed by atoms with E-state index < -0.39 is 0 Å². The number of fused-ring (bicyclic) bond motifs is 1. The number of carbonyl (C=O) groups is 1. The molecule has 19 heavy (non-hydrogen) atoms. The molecule has 2 aromatic rings. The van der Waals surface area contributed by atoms with Gasteiger partial charge in [0.15, 0.2) is 5.78 Å². The Morgan fingerprint density at radius 3 is 3.16 bits per heavy atom. The van der Waals surface area contributed by atoms with Crippen LogP contribution in [0.2, 0.25) is 0 Å². The first-order valence-corrected chi connectivity index (χ1v) is 8.12. The van der Waals surface area contributed by atoms with Gasteiger partial charge in [-0.2, -0.15) is 4.37 Å². The minimum Gasteiger partial charge on any atom is -0.368 e. The zero-order valence-corrected chi connectivity index (χ0v) is 12.7. The Hall–Kier alpha value is -1.20. The van der Waals surface area contributed by atoms with Crippen LogP contribution in [0.25, 0.3) is 0 Å². The molecular weight excluding hydrogens is 276 g/mol. The van der Waals surface area contributed by atoms with Crippen molar-refractivity contribution in [3.8, 4) is 0 Å². The van der Waals surface area contributed by atoms with Gasteiger partial charge in [0.1, 0.15) is 5.00 Å². The maximum absolute atomic E-state index is 11.7. The Morgan fingerprint density at radius 2 is 2.37 bits per heavy atom. The van der Waals surface area contributed by atoms with Gasteiger partial charge in [-0.3, -0.25) is 4.79 Å². The van der Waals surface area contributed by atoms with Crippen LogP contribution in [0.4, 0.5) is 5.00 Å². The maximum atomic E-state index is 11.7. The number of aromatic nitrogens is 1. The first-order chi connectivity index (χ1) is 9.16. The summed E-state index contributed by atoms with van der Waals surface area (Å²) in [5, 5.41) is 6.62. The van der Waals surface area contributed by atoms with Crippen molar-refractivity contribution < 1.29 is 4.79 Å². The first-order valence-electron chi connectivity index (χ1n) is 6.47. The van der Waals surface area contributed by atoms with Crippen molar-refractivity contribution in [2.75, 3.05) is 5.32 Å². The SMILES string of the molecule is CC(=O)c1c(C)nsc1NC1CCCc2sccc21. The molecule has 1 aliphatic carbocycles. The lowest BCUT2D eigenvalue weighted by Crippen LogP contribution is -2.16. The molecule has 0 saturated carbocycles. The highest BCUT2D eigenvalue weighted by molar-refractivity contribution is 7.11. The van der Waals surface area contributed by atoms with Crippen LogP contribution in [-0.4, -0.2) is 10.2 Å². The molecule has 5 heteroatoms. The largest absolute Gasteiger partial charge is 0.368 e. The molecule has 100 valence electrons. The van der Waals surface area contributed by atoms with Gasteiger partial charge in [0.05, 0.1) is 17.3 Å². The summed E-state index contributed by atoms with van der Waals surface area (Å²) in [5.74, 6) is 0.0927. The summed E-state index contributed by atoms with van der Waals surface area (Å²) in [6.45, 7) is 3.51. The van der Waals surface area contributed by atoms with Gasteiger partial charge in [-0.1, -0.05) is 0 Å². The molecule has 3 rings (SSSR count). The molecule has 2 heterocycles. The van der Waals surface area contributed by atoms with E-state index in [-0.39, 0.29) is 5.78 Å². The lowest BCUT2D eigenvalue weighted by Gasteiger charge is -2.24. The molecule has 3 nitrogen and oxygen atoms in total. The molecule has 0 aliphatic heterocycles. The summed E-state index contributed by atoms with van der Waals surface area (Å²) >= 11 is 3.23. The number of aryl methyl sites for hydroxylation is 2. The van der Waals surface area contributed by atoms with E-state index in [0.29, 0.717) is 6.04 Å². The van der Waals surface area contributed by atoms with Gasteiger partial charge in [0.2, 0.25) is 0 Å². The molecule has 1 unspecified atom stereocenters. The fraction of sp³-hybridized carbons (Fsp3) is 0.429. The predicted octanol–water partition coefficient (Wildman–Crippen LogP) is 4.21. The normalized spacial score (nSPS) is 18.1. The zero-order valence-electron chi connectivity index (χ0n) is 11.0. The third kappa shape index (κ3) is 2.32. The number of rotatable bonds is 3. The van der Waals surface area contributed by atoms with Crippen molar-refractivity contribution in [3.63, 3.8) is 0 Å². The van der Waals surface area contributed by atoms with Gasteiger partial charge < -0.3 is 5.32 Å². The third-order valence-electron chi connectivity index (χ3n) is 3.57. The monoisotopic (exact) mass is 292 g/mol. The fourth-order valence-corrected chi connectivity index (χ4v) is 4.56. The van der Waals surface area contributed by atoms with E-state index in [0.717, 1.165) is 22.7 Å². The topological polar surface area (TPSA) is 42.0 Å². The summed E-state index contributed by atoms with van der Waals surface area (Å²) in [6, 6.07) is 2.53. The molecule has 0 bridgehead atoms. The Balaban J connectivity index is 1.90. The minimum absolute atomic E-state index is 0.0927. The zero-order chi connectivity index (χ0) is 13.4. The lowest BCUT2D eigenvalue weighted by molar-refractivity contribution is 0.101. The second-order valence-electron chi connectivity index (χ2n) is 4.92. The summed E-state index contributed by atoms with van der Waals surface area (Å²) in [6.07, 6.45) is 3.52. The number of hydrogen-bond donors (Lipinski definition) is 1. The van der Waals surface area contributed by atoms with Gasteiger partial charge in [0.25, 0.3) is 0 Å². The molecular formula is C14H16N2OS2. The van der Waals surface area contributed by atoms with Crippen LogP contribution in [0.5, 0.6) is 0 Å². The summed E-state index contributed by atoms with van der Waals surface area (Å²) in [5.41, 5.74) is 2.99. The number of carbonyl (C=O) groups excluding carboxylic acids is 1. The molecule has 0 fully saturated rings. The molecule has 1 aliphatic rings. The number of thiophene rings is 1. The molecule has 0 radical (unpaired) electrons. The molecule has 0 aromatic carbocycles. The van der Waals surface area contributed by atoms with E-state index in [1.165, 1.54) is 34.8 Å². The van der Waals surface area contributed by atoms with Gasteiger partial charge in [-0.25, -0.2) is 0 Å². The number of anilines is 1. The Labute approximate surface area is 120 Å². The van der Waals surface area contributed by atoms with Crippen LogP contribution in [-0.2, 0) is 6.42 Å². The Bertz CT molecular complexity index is 615. The number of hydrogen-bond acceptors (Lipinski definition) is 5. The molecule has 1 N–H and O–H groups in total. The molecule has 0 saturated heterocycles. The number of Topliss-reactive ketones (excluding diaryl/α,β-unsaturated/α-hetero) is 1. The average Bonchev–Trinajstić information content (AvgIpc) is 2.96. The van der Waals surface area contributed by atoms with Crippen molar-refractivity contribution in [1.29, 1.82) is 0 Å². The second-order valence-corrected chi connectivity index (χ2v) is 6.69. The lowest BCUT2D eigenvalue weighted by atomic mass is 9.94. The average molecular weight is 292 g/mol. The van der Waals surface area contributed by atoms with Gasteiger partial charge in [-0.05, 0) is 61.7 Å². The van der Waals surface area contributed by atoms with Crippen LogP contribution in [0, 0.1) is 6.92 Å². The quantitative estimate of drug-likeness (QED) is 0.862. The number of nitrogens with zero attached hydrogens (tertiary/aromatic N) is 1. The minimum atomic E-state index is 0.0927. The second kappa shape index (κ2) is 5.06. The molecule has 0 amide bonds. The van der Waals surface area contributed by atoms with E-state index in [4.69, 9.17) is 0 Å². The van der Waals surface area contributed by atoms with E-state index in [2.05, 4.69) is 21.1 Å². The van der Waals surface area contributed by atoms with Crippen molar-refractivity contribution in [1.82, 2.24) is 4.37 Å². The third-order valence-corrected chi connectivity index (χ3v) is 5.44. The van der Waals surface area contributed by atoms with Crippen molar-refractivity contribution >= 4 is 33.7 Å². The predicted molar refractivity (Wildman–Crippen MR) is 80.5 cm³/mol. The summed E-state index contributed by atoms with van der Waals surface area (Å²) < 4.78 is 4.31. The standard InChI is InChI=1S/C14H16N2OS2/c1-8-13(9(2)17)14(19-16-8)15-11-4-3-5-12-10(11)6-7-18-12/h6-7,11,15H,3-5H2,1-2H3. The Kier molecular flexibility index (Phi) is 3.41. The van der Waals surface area contributed by atoms with Crippen LogP contribution in [0.1, 0.15) is 52.3 Å². The van der Waals surface area contributed by atoms with E-state index in [9.17, 15) is 4.79 Å². The number of nitrogens with one attached hydrogen (secondary N) is 1. The van der Waals surface area contributed by atoms with Gasteiger partial charge >= 0.3 is 0 Å². The van der Waals surface area contributed by atoms with E-state index >= 15 is 0 Å². The van der Waals surface area contributed by atoms with Crippen LogP contribution in [0.3, 0.4) is 0 Å². The summed E-state index contributed by atoms with van der Waals surface area (Å²) in [7, 11) is 0. The van der Waals surface area contributed by atoms with Crippen LogP contribution < -0.4 is 5.32 Å². The van der Waals surface area contributed by atoms with Crippen molar-refractivity contribution in [2.24, 2.45) is 0 Å². The van der Waals surface area contributed by atoms with E-state index in [1.807, 2.05) is 18.3 Å². The molecule has 0 spiro atoms. The van der Waals surface area contributed by atoms with Crippen LogP contribution >= 0.6 is 22.9 Å².